The highest BCUT2D eigenvalue weighted by Crippen LogP contribution is 2.17. The molecular formula is C22H29N5O3. The summed E-state index contributed by atoms with van der Waals surface area (Å²) in [5.41, 5.74) is 1.87. The summed E-state index contributed by atoms with van der Waals surface area (Å²) in [6.45, 7) is 6.35. The Hall–Kier alpha value is -3.26. The topological polar surface area (TPSA) is 96.7 Å². The number of nitrogens with one attached hydrogen (secondary N) is 3. The Morgan fingerprint density at radius 3 is 2.77 bits per heavy atom. The zero-order chi connectivity index (χ0) is 21.0. The first-order chi connectivity index (χ1) is 14.7. The summed E-state index contributed by atoms with van der Waals surface area (Å²) in [6.07, 6.45) is 4.35. The lowest BCUT2D eigenvalue weighted by atomic mass is 10.3. The van der Waals surface area contributed by atoms with Crippen molar-refractivity contribution >= 4 is 11.6 Å². The van der Waals surface area contributed by atoms with Gasteiger partial charge in [0.15, 0.2) is 5.96 Å². The van der Waals surface area contributed by atoms with Gasteiger partial charge in [-0.3, -0.25) is 5.10 Å². The summed E-state index contributed by atoms with van der Waals surface area (Å²) < 4.78 is 16.6. The van der Waals surface area contributed by atoms with Gasteiger partial charge < -0.3 is 24.5 Å². The van der Waals surface area contributed by atoms with Crippen LogP contribution in [0.1, 0.15) is 31.7 Å². The molecule has 0 fully saturated rings. The molecule has 8 nitrogen and oxygen atoms in total. The Bertz CT molecular complexity index is 859. The van der Waals surface area contributed by atoms with Crippen LogP contribution in [0.25, 0.3) is 0 Å². The first-order valence-electron chi connectivity index (χ1n) is 10.1. The number of furan rings is 1. The fraction of sp³-hybridized carbons (Fsp3) is 0.364. The van der Waals surface area contributed by atoms with Crippen LogP contribution in [-0.2, 0) is 17.9 Å². The monoisotopic (exact) mass is 411 g/mol. The standard InChI is InChI=1S/C22H29N5O3/c1-17(2)30-20-8-6-18(7-9-20)26-22(24-15-19-10-12-25-27-19)23-11-4-13-28-16-21-5-3-14-29-21/h3,5-10,12,14,17H,4,11,13,15-16H2,1-2H3,(H,25,27)(H2,23,24,26). The average Bonchev–Trinajstić information content (AvgIpc) is 3.43. The molecule has 0 spiro atoms. The summed E-state index contributed by atoms with van der Waals surface area (Å²) in [6, 6.07) is 13.5. The minimum Gasteiger partial charge on any atom is -0.491 e. The average molecular weight is 412 g/mol. The van der Waals surface area contributed by atoms with E-state index in [2.05, 4.69) is 25.8 Å². The van der Waals surface area contributed by atoms with E-state index in [1.54, 1.807) is 12.5 Å². The smallest absolute Gasteiger partial charge is 0.196 e. The number of anilines is 1. The third-order valence-electron chi connectivity index (χ3n) is 4.04. The molecule has 0 atom stereocenters. The molecule has 3 aromatic rings. The Kier molecular flexibility index (Phi) is 8.34. The highest BCUT2D eigenvalue weighted by atomic mass is 16.5. The lowest BCUT2D eigenvalue weighted by Gasteiger charge is -2.14. The zero-order valence-corrected chi connectivity index (χ0v) is 17.4. The lowest BCUT2D eigenvalue weighted by molar-refractivity contribution is 0.105. The number of aromatic amines is 1. The van der Waals surface area contributed by atoms with Gasteiger partial charge in [-0.1, -0.05) is 0 Å². The normalized spacial score (nSPS) is 11.6. The molecule has 0 saturated heterocycles. The van der Waals surface area contributed by atoms with Crippen molar-refractivity contribution in [2.75, 3.05) is 18.5 Å². The van der Waals surface area contributed by atoms with Gasteiger partial charge in [0.2, 0.25) is 0 Å². The largest absolute Gasteiger partial charge is 0.491 e. The number of H-pyrrole nitrogens is 1. The van der Waals surface area contributed by atoms with Gasteiger partial charge in [-0.15, -0.1) is 0 Å². The van der Waals surface area contributed by atoms with E-state index in [-0.39, 0.29) is 6.10 Å². The maximum absolute atomic E-state index is 5.69. The highest BCUT2D eigenvalue weighted by molar-refractivity contribution is 5.93. The van der Waals surface area contributed by atoms with Crippen molar-refractivity contribution in [3.8, 4) is 5.75 Å². The van der Waals surface area contributed by atoms with Gasteiger partial charge in [0.25, 0.3) is 0 Å². The molecule has 2 heterocycles. The molecule has 0 saturated carbocycles. The van der Waals surface area contributed by atoms with Crippen LogP contribution in [0.15, 0.2) is 64.3 Å². The fourth-order valence-corrected chi connectivity index (χ4v) is 2.65. The molecule has 0 aliphatic heterocycles. The zero-order valence-electron chi connectivity index (χ0n) is 17.4. The molecule has 160 valence electrons. The summed E-state index contributed by atoms with van der Waals surface area (Å²) in [5.74, 6) is 2.36. The van der Waals surface area contributed by atoms with Gasteiger partial charge >= 0.3 is 0 Å². The van der Waals surface area contributed by atoms with Gasteiger partial charge in [-0.2, -0.15) is 5.10 Å². The van der Waals surface area contributed by atoms with E-state index in [1.165, 1.54) is 0 Å². The molecule has 3 N–H and O–H groups in total. The molecule has 3 rings (SSSR count). The molecule has 0 radical (unpaired) electrons. The minimum absolute atomic E-state index is 0.145. The number of guanidine groups is 1. The number of benzene rings is 1. The predicted molar refractivity (Wildman–Crippen MR) is 117 cm³/mol. The van der Waals surface area contributed by atoms with Crippen LogP contribution in [0.2, 0.25) is 0 Å². The molecule has 0 aliphatic rings. The SMILES string of the molecule is CC(C)Oc1ccc(NC(=NCc2ccn[nH]2)NCCCOCc2ccco2)cc1. The number of rotatable bonds is 11. The van der Waals surface area contributed by atoms with Crippen LogP contribution in [0.4, 0.5) is 5.69 Å². The van der Waals surface area contributed by atoms with E-state index in [0.29, 0.717) is 25.7 Å². The summed E-state index contributed by atoms with van der Waals surface area (Å²) in [5, 5.41) is 13.6. The molecule has 0 unspecified atom stereocenters. The molecule has 0 aliphatic carbocycles. The quantitative estimate of drug-likeness (QED) is 0.251. The van der Waals surface area contributed by atoms with Crippen molar-refractivity contribution in [1.29, 1.82) is 0 Å². The molecule has 0 amide bonds. The Labute approximate surface area is 176 Å². The maximum atomic E-state index is 5.69. The Morgan fingerprint density at radius 2 is 2.07 bits per heavy atom. The first-order valence-corrected chi connectivity index (χ1v) is 10.1. The van der Waals surface area contributed by atoms with Gasteiger partial charge in [0, 0.05) is 25.0 Å². The molecule has 2 aromatic heterocycles. The van der Waals surface area contributed by atoms with E-state index < -0.39 is 0 Å². The van der Waals surface area contributed by atoms with E-state index >= 15 is 0 Å². The molecule has 8 heteroatoms. The molecule has 1 aromatic carbocycles. The van der Waals surface area contributed by atoms with Crippen LogP contribution < -0.4 is 15.4 Å². The third-order valence-corrected chi connectivity index (χ3v) is 4.04. The van der Waals surface area contributed by atoms with Crippen molar-refractivity contribution < 1.29 is 13.9 Å². The number of aliphatic imine (C=N–C) groups is 1. The minimum atomic E-state index is 0.145. The second-order valence-electron chi connectivity index (χ2n) is 6.97. The second-order valence-corrected chi connectivity index (χ2v) is 6.97. The van der Waals surface area contributed by atoms with E-state index in [0.717, 1.165) is 35.9 Å². The maximum Gasteiger partial charge on any atom is 0.196 e. The summed E-state index contributed by atoms with van der Waals surface area (Å²) in [7, 11) is 0. The van der Waals surface area contributed by atoms with Gasteiger partial charge in [0.1, 0.15) is 18.1 Å². The Morgan fingerprint density at radius 1 is 1.20 bits per heavy atom. The van der Waals surface area contributed by atoms with E-state index in [1.807, 2.05) is 56.3 Å². The van der Waals surface area contributed by atoms with E-state index in [4.69, 9.17) is 13.9 Å². The van der Waals surface area contributed by atoms with Crippen LogP contribution in [-0.4, -0.2) is 35.4 Å². The number of hydrogen-bond acceptors (Lipinski definition) is 5. The summed E-state index contributed by atoms with van der Waals surface area (Å²) in [4.78, 5) is 4.63. The highest BCUT2D eigenvalue weighted by Gasteiger charge is 2.03. The van der Waals surface area contributed by atoms with Crippen molar-refractivity contribution in [2.24, 2.45) is 4.99 Å². The van der Waals surface area contributed by atoms with Crippen LogP contribution in [0.3, 0.4) is 0 Å². The molecular weight excluding hydrogens is 382 g/mol. The number of ether oxygens (including phenoxy) is 2. The van der Waals surface area contributed by atoms with Gasteiger partial charge in [-0.05, 0) is 62.7 Å². The van der Waals surface area contributed by atoms with Crippen molar-refractivity contribution in [3.63, 3.8) is 0 Å². The first kappa shape index (κ1) is 21.4. The third kappa shape index (κ3) is 7.63. The lowest BCUT2D eigenvalue weighted by Crippen LogP contribution is -2.32. The van der Waals surface area contributed by atoms with Gasteiger partial charge in [0.05, 0.1) is 24.6 Å². The molecule has 30 heavy (non-hydrogen) atoms. The van der Waals surface area contributed by atoms with Crippen molar-refractivity contribution in [1.82, 2.24) is 15.5 Å². The summed E-state index contributed by atoms with van der Waals surface area (Å²) >= 11 is 0. The molecule has 0 bridgehead atoms. The fourth-order valence-electron chi connectivity index (χ4n) is 2.65. The number of nitrogens with zero attached hydrogens (tertiary/aromatic N) is 2. The van der Waals surface area contributed by atoms with E-state index in [9.17, 15) is 0 Å². The van der Waals surface area contributed by atoms with Crippen molar-refractivity contribution in [3.05, 3.63) is 66.4 Å². The number of hydrogen-bond donors (Lipinski definition) is 3. The number of aromatic nitrogens is 2. The predicted octanol–water partition coefficient (Wildman–Crippen LogP) is 3.95. The van der Waals surface area contributed by atoms with Crippen LogP contribution >= 0.6 is 0 Å². The van der Waals surface area contributed by atoms with Crippen molar-refractivity contribution in [2.45, 2.75) is 39.5 Å². The second kappa shape index (κ2) is 11.7. The van der Waals surface area contributed by atoms with Crippen LogP contribution in [0.5, 0.6) is 5.75 Å². The van der Waals surface area contributed by atoms with Gasteiger partial charge in [-0.25, -0.2) is 4.99 Å². The Balaban J connectivity index is 1.49. The van der Waals surface area contributed by atoms with Crippen LogP contribution in [0, 0.1) is 0 Å².